The Balaban J connectivity index is 4.49. The van der Waals surface area contributed by atoms with Crippen molar-refractivity contribution in [1.29, 1.82) is 0 Å². The van der Waals surface area contributed by atoms with Crippen LogP contribution in [-0.2, 0) is 28.6 Å². The molecule has 0 rings (SSSR count). The number of hydrogen-bond acceptors (Lipinski definition) is 8. The van der Waals surface area contributed by atoms with E-state index in [1.807, 2.05) is 0 Å². The van der Waals surface area contributed by atoms with Gasteiger partial charge in [0.25, 0.3) is 0 Å². The summed E-state index contributed by atoms with van der Waals surface area (Å²) in [5.41, 5.74) is -1.30. The number of hydrogen-bond donors (Lipinski definition) is 1. The zero-order chi connectivity index (χ0) is 27.1. The van der Waals surface area contributed by atoms with Crippen LogP contribution in [0.1, 0.15) is 130 Å². The molecule has 0 radical (unpaired) electrons. The zero-order valence-corrected chi connectivity index (χ0v) is 24.8. The smallest absolute Gasteiger partial charge is 0.377 e. The summed E-state index contributed by atoms with van der Waals surface area (Å²) in [7, 11) is -6.40. The molecular weight excluding hydrogens is 503 g/mol. The summed E-state index contributed by atoms with van der Waals surface area (Å²) in [4.78, 5) is 14.3. The normalized spacial score (nSPS) is 14.4. The van der Waals surface area contributed by atoms with E-state index in [0.29, 0.717) is 19.3 Å². The molecule has 0 aromatic heterocycles. The molecule has 1 N–H and O–H groups in total. The first-order valence-electron chi connectivity index (χ1n) is 14.2. The Kier molecular flexibility index (Phi) is 23.3. The third-order valence-corrected chi connectivity index (χ3v) is 9.80. The second-order valence-corrected chi connectivity index (χ2v) is 13.3. The third kappa shape index (κ3) is 18.7. The molecule has 3 unspecified atom stereocenters. The highest BCUT2D eigenvalue weighted by Crippen LogP contribution is 2.25. The van der Waals surface area contributed by atoms with E-state index >= 15 is 0 Å². The van der Waals surface area contributed by atoms with Crippen LogP contribution in [0.5, 0.6) is 0 Å². The van der Waals surface area contributed by atoms with Crippen LogP contribution in [0.15, 0.2) is 0 Å². The van der Waals surface area contributed by atoms with Gasteiger partial charge in [-0.1, -0.05) is 104 Å². The maximum Gasteiger partial charge on any atom is 0.421 e. The van der Waals surface area contributed by atoms with Gasteiger partial charge in [-0.2, -0.15) is 5.26 Å². The van der Waals surface area contributed by atoms with Gasteiger partial charge < -0.3 is 9.26 Å². The van der Waals surface area contributed by atoms with Gasteiger partial charge in [-0.3, -0.25) is 9.45 Å². The first kappa shape index (κ1) is 35.5. The monoisotopic (exact) mass is 556 g/mol. The summed E-state index contributed by atoms with van der Waals surface area (Å²) in [6, 6.07) is 0. The first-order valence-corrected chi connectivity index (χ1v) is 17.2. The van der Waals surface area contributed by atoms with E-state index < -0.39 is 34.9 Å². The van der Waals surface area contributed by atoms with E-state index in [9.17, 15) is 17.8 Å². The van der Waals surface area contributed by atoms with Crippen molar-refractivity contribution < 1.29 is 37.2 Å². The molecule has 0 aliphatic heterocycles. The summed E-state index contributed by atoms with van der Waals surface area (Å²) >= 11 is 0. The van der Waals surface area contributed by atoms with Crippen molar-refractivity contribution in [2.45, 2.75) is 141 Å². The van der Waals surface area contributed by atoms with Crippen molar-refractivity contribution in [2.75, 3.05) is 19.0 Å². The quantitative estimate of drug-likeness (QED) is 0.0494. The Morgan fingerprint density at radius 3 is 1.81 bits per heavy atom. The number of carbonyl (C=O) groups is 1. The molecule has 0 spiro atoms. The molecule has 36 heavy (non-hydrogen) atoms. The average Bonchev–Trinajstić information content (AvgIpc) is 2.86. The molecule has 0 aromatic carbocycles. The van der Waals surface area contributed by atoms with Crippen LogP contribution in [0.2, 0.25) is 0 Å². The zero-order valence-electron chi connectivity index (χ0n) is 23.0. The minimum Gasteiger partial charge on any atom is -0.377 e. The highest BCUT2D eigenvalue weighted by molar-refractivity contribution is 7.92. The summed E-state index contributed by atoms with van der Waals surface area (Å²) in [6.07, 6.45) is 17.4. The SMILES string of the molecule is CCCCCCCCCCCCS(=O)(=O)C(CCCCCCC)C(C)OCCCO[PH](=O)C(=O)OO. The lowest BCUT2D eigenvalue weighted by Crippen LogP contribution is -2.36. The third-order valence-electron chi connectivity index (χ3n) is 6.51. The molecule has 0 saturated heterocycles. The van der Waals surface area contributed by atoms with E-state index in [2.05, 4.69) is 18.7 Å². The van der Waals surface area contributed by atoms with Crippen molar-refractivity contribution in [3.63, 3.8) is 0 Å². The lowest BCUT2D eigenvalue weighted by molar-refractivity contribution is -0.168. The van der Waals surface area contributed by atoms with Crippen LogP contribution in [0.4, 0.5) is 4.79 Å². The predicted octanol–water partition coefficient (Wildman–Crippen LogP) is 7.95. The molecular formula is C26H53O8PS. The minimum atomic E-state index is -3.28. The van der Waals surface area contributed by atoms with Crippen LogP contribution in [0.25, 0.3) is 0 Å². The van der Waals surface area contributed by atoms with Crippen LogP contribution in [-0.4, -0.2) is 49.7 Å². The molecule has 216 valence electrons. The van der Waals surface area contributed by atoms with Gasteiger partial charge in [-0.05, 0) is 26.2 Å². The predicted molar refractivity (Wildman–Crippen MR) is 147 cm³/mol. The minimum absolute atomic E-state index is 0.00729. The van der Waals surface area contributed by atoms with Gasteiger partial charge in [0.1, 0.15) is 0 Å². The molecule has 0 fully saturated rings. The Labute approximate surface area is 221 Å². The fraction of sp³-hybridized carbons (Fsp3) is 0.962. The Morgan fingerprint density at radius 2 is 1.28 bits per heavy atom. The number of ether oxygens (including phenoxy) is 1. The van der Waals surface area contributed by atoms with Crippen LogP contribution >= 0.6 is 8.03 Å². The fourth-order valence-electron chi connectivity index (χ4n) is 4.29. The van der Waals surface area contributed by atoms with Gasteiger partial charge >= 0.3 is 13.7 Å². The first-order chi connectivity index (χ1) is 17.3. The largest absolute Gasteiger partial charge is 0.421 e. The molecule has 0 aliphatic carbocycles. The Hall–Kier alpha value is -0.470. The van der Waals surface area contributed by atoms with Gasteiger partial charge in [0, 0.05) is 6.61 Å². The van der Waals surface area contributed by atoms with E-state index in [1.165, 1.54) is 44.9 Å². The van der Waals surface area contributed by atoms with Gasteiger partial charge in [0.15, 0.2) is 9.84 Å². The molecule has 0 bridgehead atoms. The fourth-order valence-corrected chi connectivity index (χ4v) is 6.91. The molecule has 0 saturated carbocycles. The van der Waals surface area contributed by atoms with Crippen LogP contribution in [0, 0.1) is 0 Å². The maximum absolute atomic E-state index is 13.2. The second-order valence-electron chi connectivity index (χ2n) is 9.73. The Morgan fingerprint density at radius 1 is 0.778 bits per heavy atom. The van der Waals surface area contributed by atoms with Crippen molar-refractivity contribution in [3.8, 4) is 0 Å². The van der Waals surface area contributed by atoms with E-state index in [0.717, 1.165) is 44.9 Å². The topological polar surface area (TPSA) is 116 Å². The standard InChI is InChI=1S/C26H53O8PS/c1-4-6-8-10-11-12-13-14-16-18-23-36(30,31)25(20-17-15-9-7-5-2)24(3)32-21-19-22-33-35(29)26(27)34-28/h24-25,28,35H,4-23H2,1-3H3. The summed E-state index contributed by atoms with van der Waals surface area (Å²) in [5.74, 6) is 0.200. The van der Waals surface area contributed by atoms with Gasteiger partial charge in [0.2, 0.25) is 0 Å². The maximum atomic E-state index is 13.2. The van der Waals surface area contributed by atoms with E-state index in [1.54, 1.807) is 6.92 Å². The van der Waals surface area contributed by atoms with E-state index in [4.69, 9.17) is 14.5 Å². The molecule has 0 aromatic rings. The highest BCUT2D eigenvalue weighted by Gasteiger charge is 2.30. The van der Waals surface area contributed by atoms with Crippen molar-refractivity contribution in [3.05, 3.63) is 0 Å². The lowest BCUT2D eigenvalue weighted by atomic mass is 10.1. The summed E-state index contributed by atoms with van der Waals surface area (Å²) < 4.78 is 48.4. The number of rotatable bonds is 26. The number of unbranched alkanes of at least 4 members (excludes halogenated alkanes) is 13. The van der Waals surface area contributed by atoms with Gasteiger partial charge in [-0.25, -0.2) is 13.2 Å². The Bertz CT molecular complexity index is 656. The molecule has 0 aliphatic rings. The number of carbonyl (C=O) groups excluding carboxylic acids is 1. The van der Waals surface area contributed by atoms with Crippen molar-refractivity contribution in [1.82, 2.24) is 0 Å². The summed E-state index contributed by atoms with van der Waals surface area (Å²) in [5, 5.41) is 7.66. The number of sulfone groups is 1. The molecule has 8 nitrogen and oxygen atoms in total. The molecule has 10 heteroatoms. The van der Waals surface area contributed by atoms with Crippen molar-refractivity contribution >= 4 is 23.6 Å². The van der Waals surface area contributed by atoms with Gasteiger partial charge in [0.05, 0.1) is 23.7 Å². The van der Waals surface area contributed by atoms with Crippen LogP contribution in [0.3, 0.4) is 0 Å². The molecule has 0 amide bonds. The summed E-state index contributed by atoms with van der Waals surface area (Å²) in [6.45, 7) is 6.40. The highest BCUT2D eigenvalue weighted by atomic mass is 32.2. The van der Waals surface area contributed by atoms with Crippen LogP contribution < -0.4 is 0 Å². The van der Waals surface area contributed by atoms with Crippen molar-refractivity contribution in [2.24, 2.45) is 0 Å². The lowest BCUT2D eigenvalue weighted by Gasteiger charge is -2.24. The molecule has 3 atom stereocenters. The molecule has 0 heterocycles. The van der Waals surface area contributed by atoms with Gasteiger partial charge in [-0.15, -0.1) is 0 Å². The second kappa shape index (κ2) is 23.6. The van der Waals surface area contributed by atoms with E-state index in [-0.39, 0.29) is 19.0 Å². The average molecular weight is 557 g/mol.